The van der Waals surface area contributed by atoms with Crippen LogP contribution in [0.3, 0.4) is 0 Å². The van der Waals surface area contributed by atoms with E-state index in [2.05, 4.69) is 25.3 Å². The van der Waals surface area contributed by atoms with Gasteiger partial charge in [-0.15, -0.1) is 0 Å². The van der Waals surface area contributed by atoms with Crippen LogP contribution in [0.4, 0.5) is 13.2 Å². The van der Waals surface area contributed by atoms with Crippen LogP contribution in [0.25, 0.3) is 0 Å². The number of hydrogen-bond donors (Lipinski definition) is 2. The lowest BCUT2D eigenvalue weighted by molar-refractivity contribution is -0.141. The summed E-state index contributed by atoms with van der Waals surface area (Å²) < 4.78 is 37.9. The Bertz CT molecular complexity index is 605. The van der Waals surface area contributed by atoms with Gasteiger partial charge in [0.15, 0.2) is 5.69 Å². The average molecular weight is 327 g/mol. The third-order valence-electron chi connectivity index (χ3n) is 4.33. The van der Waals surface area contributed by atoms with Crippen LogP contribution in [0.15, 0.2) is 18.5 Å². The number of hydrogen-bond acceptors (Lipinski definition) is 3. The van der Waals surface area contributed by atoms with Crippen molar-refractivity contribution in [3.63, 3.8) is 0 Å². The van der Waals surface area contributed by atoms with Gasteiger partial charge in [0, 0.05) is 24.4 Å². The van der Waals surface area contributed by atoms with E-state index in [1.807, 2.05) is 12.4 Å². The second-order valence-electron chi connectivity index (χ2n) is 6.06. The zero-order chi connectivity index (χ0) is 16.3. The number of halogens is 3. The van der Waals surface area contributed by atoms with Gasteiger partial charge in [-0.2, -0.15) is 23.4 Å². The summed E-state index contributed by atoms with van der Waals surface area (Å²) in [4.78, 5) is 2.32. The number of likely N-dealkylation sites (tertiary alicyclic amines) is 1. The largest absolute Gasteiger partial charge is 0.435 e. The molecule has 0 amide bonds. The normalized spacial score (nSPS) is 20.0. The zero-order valence-electron chi connectivity index (χ0n) is 12.7. The molecule has 0 unspecified atom stereocenters. The Morgan fingerprint density at radius 1 is 1.35 bits per heavy atom. The van der Waals surface area contributed by atoms with Crippen molar-refractivity contribution in [2.75, 3.05) is 19.6 Å². The number of aromatic amines is 2. The summed E-state index contributed by atoms with van der Waals surface area (Å²) in [5, 5.41) is 12.7. The predicted molar refractivity (Wildman–Crippen MR) is 78.9 cm³/mol. The molecule has 0 aromatic carbocycles. The third kappa shape index (κ3) is 4.13. The van der Waals surface area contributed by atoms with Gasteiger partial charge in [0.1, 0.15) is 0 Å². The highest BCUT2D eigenvalue weighted by molar-refractivity contribution is 5.16. The number of piperidine rings is 1. The summed E-state index contributed by atoms with van der Waals surface area (Å²) in [7, 11) is 0. The molecule has 0 saturated carbocycles. The second-order valence-corrected chi connectivity index (χ2v) is 6.06. The van der Waals surface area contributed by atoms with Crippen molar-refractivity contribution in [3.8, 4) is 0 Å². The van der Waals surface area contributed by atoms with E-state index in [0.29, 0.717) is 5.69 Å². The van der Waals surface area contributed by atoms with Gasteiger partial charge in [0.2, 0.25) is 0 Å². The number of aryl methyl sites for hydroxylation is 1. The predicted octanol–water partition coefficient (Wildman–Crippen LogP) is 2.96. The maximum absolute atomic E-state index is 12.6. The first kappa shape index (κ1) is 16.0. The van der Waals surface area contributed by atoms with Crippen LogP contribution in [0.1, 0.15) is 42.1 Å². The van der Waals surface area contributed by atoms with Crippen molar-refractivity contribution < 1.29 is 13.2 Å². The lowest BCUT2D eigenvalue weighted by atomic mass is 9.94. The van der Waals surface area contributed by atoms with Gasteiger partial charge in [0.05, 0.1) is 6.20 Å². The van der Waals surface area contributed by atoms with Crippen molar-refractivity contribution in [2.24, 2.45) is 0 Å². The molecule has 8 heteroatoms. The molecule has 5 nitrogen and oxygen atoms in total. The molecule has 3 rings (SSSR count). The Morgan fingerprint density at radius 2 is 2.22 bits per heavy atom. The van der Waals surface area contributed by atoms with Crippen LogP contribution in [-0.4, -0.2) is 44.9 Å². The fourth-order valence-electron chi connectivity index (χ4n) is 3.12. The highest BCUT2D eigenvalue weighted by Gasteiger charge is 2.35. The fraction of sp³-hybridized carbons (Fsp3) is 0.600. The van der Waals surface area contributed by atoms with Crippen LogP contribution >= 0.6 is 0 Å². The maximum Gasteiger partial charge on any atom is 0.435 e. The van der Waals surface area contributed by atoms with Crippen LogP contribution in [-0.2, 0) is 12.6 Å². The van der Waals surface area contributed by atoms with Crippen molar-refractivity contribution in [1.82, 2.24) is 25.3 Å². The van der Waals surface area contributed by atoms with Gasteiger partial charge in [-0.05, 0) is 50.4 Å². The molecule has 0 bridgehead atoms. The Balaban J connectivity index is 1.52. The number of nitrogens with one attached hydrogen (secondary N) is 2. The van der Waals surface area contributed by atoms with Gasteiger partial charge in [-0.1, -0.05) is 0 Å². The Kier molecular flexibility index (Phi) is 4.70. The standard InChI is InChI=1S/C15H20F3N5/c16-15(17,18)14-7-13(21-22-14)12-4-2-6-23(10-12)5-1-3-11-8-19-20-9-11/h7-9,12H,1-6,10H2,(H,19,20)(H,21,22)/t12-/m0/s1. The van der Waals surface area contributed by atoms with E-state index in [1.165, 1.54) is 5.56 Å². The minimum absolute atomic E-state index is 0.0984. The second kappa shape index (κ2) is 6.74. The van der Waals surface area contributed by atoms with E-state index in [4.69, 9.17) is 0 Å². The monoisotopic (exact) mass is 327 g/mol. The van der Waals surface area contributed by atoms with E-state index in [1.54, 1.807) is 0 Å². The number of alkyl halides is 3. The summed E-state index contributed by atoms with van der Waals surface area (Å²) in [6.45, 7) is 2.73. The van der Waals surface area contributed by atoms with Gasteiger partial charge in [-0.3, -0.25) is 10.2 Å². The molecule has 1 atom stereocenters. The smallest absolute Gasteiger partial charge is 0.303 e. The van der Waals surface area contributed by atoms with Crippen molar-refractivity contribution in [2.45, 2.75) is 37.8 Å². The summed E-state index contributed by atoms with van der Waals surface area (Å²) in [5.41, 5.74) is 0.948. The summed E-state index contributed by atoms with van der Waals surface area (Å²) in [5.74, 6) is 0.0984. The van der Waals surface area contributed by atoms with Gasteiger partial charge in [0.25, 0.3) is 0 Å². The zero-order valence-corrected chi connectivity index (χ0v) is 12.7. The summed E-state index contributed by atoms with van der Waals surface area (Å²) in [6.07, 6.45) is 3.20. The molecule has 1 aliphatic rings. The third-order valence-corrected chi connectivity index (χ3v) is 4.33. The van der Waals surface area contributed by atoms with Crippen molar-refractivity contribution in [1.29, 1.82) is 0 Å². The molecule has 3 heterocycles. The molecule has 1 aliphatic heterocycles. The number of aromatic nitrogens is 4. The molecular formula is C15H20F3N5. The molecule has 126 valence electrons. The van der Waals surface area contributed by atoms with Crippen LogP contribution < -0.4 is 0 Å². The number of nitrogens with zero attached hydrogens (tertiary/aromatic N) is 3. The van der Waals surface area contributed by atoms with Crippen molar-refractivity contribution in [3.05, 3.63) is 35.4 Å². The average Bonchev–Trinajstić information content (AvgIpc) is 3.18. The highest BCUT2D eigenvalue weighted by Crippen LogP contribution is 2.32. The quantitative estimate of drug-likeness (QED) is 0.887. The van der Waals surface area contributed by atoms with Gasteiger partial charge >= 0.3 is 6.18 Å². The lowest BCUT2D eigenvalue weighted by Crippen LogP contribution is -2.35. The van der Waals surface area contributed by atoms with Crippen LogP contribution in [0.5, 0.6) is 0 Å². The molecular weight excluding hydrogens is 307 g/mol. The molecule has 0 aliphatic carbocycles. The van der Waals surface area contributed by atoms with E-state index < -0.39 is 11.9 Å². The molecule has 2 aromatic rings. The van der Waals surface area contributed by atoms with E-state index >= 15 is 0 Å². The van der Waals surface area contributed by atoms with E-state index in [-0.39, 0.29) is 5.92 Å². The molecule has 1 saturated heterocycles. The van der Waals surface area contributed by atoms with E-state index in [9.17, 15) is 13.2 Å². The summed E-state index contributed by atoms with van der Waals surface area (Å²) in [6, 6.07) is 1.15. The first-order chi connectivity index (χ1) is 11.0. The van der Waals surface area contributed by atoms with Crippen molar-refractivity contribution >= 4 is 0 Å². The van der Waals surface area contributed by atoms with E-state index in [0.717, 1.165) is 51.4 Å². The first-order valence-corrected chi connectivity index (χ1v) is 7.85. The highest BCUT2D eigenvalue weighted by atomic mass is 19.4. The first-order valence-electron chi connectivity index (χ1n) is 7.85. The molecule has 2 aromatic heterocycles. The lowest BCUT2D eigenvalue weighted by Gasteiger charge is -2.32. The summed E-state index contributed by atoms with van der Waals surface area (Å²) >= 11 is 0. The fourth-order valence-corrected chi connectivity index (χ4v) is 3.12. The van der Waals surface area contributed by atoms with Gasteiger partial charge < -0.3 is 4.90 Å². The molecule has 0 spiro atoms. The SMILES string of the molecule is FC(F)(F)c1cc([C@H]2CCCN(CCCc3cn[nH]c3)C2)[nH]n1. The van der Waals surface area contributed by atoms with Gasteiger partial charge in [-0.25, -0.2) is 0 Å². The topological polar surface area (TPSA) is 60.6 Å². The maximum atomic E-state index is 12.6. The van der Waals surface area contributed by atoms with Crippen LogP contribution in [0.2, 0.25) is 0 Å². The Labute approximate surface area is 132 Å². The minimum Gasteiger partial charge on any atom is -0.303 e. The minimum atomic E-state index is -4.38. The number of H-pyrrole nitrogens is 2. The molecule has 2 N–H and O–H groups in total. The Hall–Kier alpha value is -1.83. The molecule has 1 fully saturated rings. The molecule has 23 heavy (non-hydrogen) atoms. The molecule has 0 radical (unpaired) electrons. The van der Waals surface area contributed by atoms with Crippen LogP contribution in [0, 0.1) is 0 Å². The number of rotatable bonds is 5. The Morgan fingerprint density at radius 3 is 2.91 bits per heavy atom.